The molecule has 1 aromatic carbocycles. The summed E-state index contributed by atoms with van der Waals surface area (Å²) >= 11 is 0. The SMILES string of the molecule is N#Cc1ccc(N2C[C@H]3CN(C(=O)C4CCCC4)CC[C@@]3(CO)C2)cc1C(F)(F)F. The lowest BCUT2D eigenvalue weighted by molar-refractivity contribution is -0.139. The fourth-order valence-electron chi connectivity index (χ4n) is 5.43. The molecule has 1 amide bonds. The summed E-state index contributed by atoms with van der Waals surface area (Å²) in [6.07, 6.45) is 0.0776. The number of anilines is 1. The van der Waals surface area contributed by atoms with Crippen molar-refractivity contribution < 1.29 is 23.1 Å². The number of carbonyl (C=O) groups is 1. The number of hydrogen-bond acceptors (Lipinski definition) is 4. The maximum atomic E-state index is 13.4. The topological polar surface area (TPSA) is 67.6 Å². The Balaban J connectivity index is 1.55. The highest BCUT2D eigenvalue weighted by Crippen LogP contribution is 2.45. The summed E-state index contributed by atoms with van der Waals surface area (Å²) in [5.74, 6) is 0.291. The normalized spacial score (nSPS) is 27.2. The molecule has 30 heavy (non-hydrogen) atoms. The lowest BCUT2D eigenvalue weighted by atomic mass is 9.73. The predicted molar refractivity (Wildman–Crippen MR) is 105 cm³/mol. The number of nitriles is 1. The molecule has 1 aliphatic carbocycles. The molecule has 1 aromatic rings. The van der Waals surface area contributed by atoms with Crippen molar-refractivity contribution in [2.45, 2.75) is 38.3 Å². The van der Waals surface area contributed by atoms with E-state index in [-0.39, 0.29) is 24.3 Å². The van der Waals surface area contributed by atoms with Gasteiger partial charge in [0, 0.05) is 49.1 Å². The van der Waals surface area contributed by atoms with Gasteiger partial charge in [-0.3, -0.25) is 4.79 Å². The maximum Gasteiger partial charge on any atom is 0.417 e. The van der Waals surface area contributed by atoms with E-state index in [0.29, 0.717) is 38.3 Å². The Morgan fingerprint density at radius 2 is 2.00 bits per heavy atom. The number of rotatable bonds is 3. The van der Waals surface area contributed by atoms with Crippen molar-refractivity contribution in [3.8, 4) is 6.07 Å². The highest BCUT2D eigenvalue weighted by molar-refractivity contribution is 5.79. The van der Waals surface area contributed by atoms with Gasteiger partial charge < -0.3 is 14.9 Å². The quantitative estimate of drug-likeness (QED) is 0.812. The van der Waals surface area contributed by atoms with Crippen LogP contribution in [0.15, 0.2) is 18.2 Å². The number of fused-ring (bicyclic) bond motifs is 1. The van der Waals surface area contributed by atoms with E-state index in [1.54, 1.807) is 6.07 Å². The second-order valence-corrected chi connectivity index (χ2v) is 8.95. The molecule has 0 bridgehead atoms. The van der Waals surface area contributed by atoms with Crippen LogP contribution in [-0.2, 0) is 11.0 Å². The van der Waals surface area contributed by atoms with Gasteiger partial charge in [-0.2, -0.15) is 18.4 Å². The average molecular weight is 421 g/mol. The molecule has 0 radical (unpaired) electrons. The van der Waals surface area contributed by atoms with Crippen molar-refractivity contribution in [3.63, 3.8) is 0 Å². The maximum absolute atomic E-state index is 13.4. The molecule has 2 saturated heterocycles. The first-order valence-electron chi connectivity index (χ1n) is 10.5. The van der Waals surface area contributed by atoms with Gasteiger partial charge in [0.25, 0.3) is 0 Å². The Labute approximate surface area is 174 Å². The first-order chi connectivity index (χ1) is 14.3. The number of piperidine rings is 1. The number of aliphatic hydroxyl groups excluding tert-OH is 1. The van der Waals surface area contributed by atoms with Crippen LogP contribution in [0.25, 0.3) is 0 Å². The van der Waals surface area contributed by atoms with Crippen LogP contribution in [0.3, 0.4) is 0 Å². The van der Waals surface area contributed by atoms with Crippen LogP contribution < -0.4 is 4.90 Å². The fraction of sp³-hybridized carbons (Fsp3) is 0.636. The fourth-order valence-corrected chi connectivity index (χ4v) is 5.43. The molecule has 3 fully saturated rings. The van der Waals surface area contributed by atoms with Crippen LogP contribution in [0.1, 0.15) is 43.2 Å². The molecule has 8 heteroatoms. The van der Waals surface area contributed by atoms with Crippen molar-refractivity contribution in [1.29, 1.82) is 5.26 Å². The number of nitrogens with zero attached hydrogens (tertiary/aromatic N) is 3. The molecule has 162 valence electrons. The first kappa shape index (κ1) is 21.0. The summed E-state index contributed by atoms with van der Waals surface area (Å²) in [6, 6.07) is 5.39. The van der Waals surface area contributed by atoms with Gasteiger partial charge in [-0.05, 0) is 37.5 Å². The third-order valence-corrected chi connectivity index (χ3v) is 7.26. The van der Waals surface area contributed by atoms with Crippen LogP contribution in [0.2, 0.25) is 0 Å². The van der Waals surface area contributed by atoms with E-state index in [0.717, 1.165) is 31.7 Å². The van der Waals surface area contributed by atoms with Gasteiger partial charge in [0.2, 0.25) is 5.91 Å². The smallest absolute Gasteiger partial charge is 0.396 e. The second kappa shape index (κ2) is 7.77. The third-order valence-electron chi connectivity index (χ3n) is 7.26. The van der Waals surface area contributed by atoms with Crippen molar-refractivity contribution in [2.75, 3.05) is 37.7 Å². The Hall–Kier alpha value is -2.27. The van der Waals surface area contributed by atoms with Gasteiger partial charge in [-0.25, -0.2) is 0 Å². The van der Waals surface area contributed by atoms with Crippen molar-refractivity contribution in [2.24, 2.45) is 17.3 Å². The Morgan fingerprint density at radius 3 is 2.63 bits per heavy atom. The molecule has 1 N–H and O–H groups in total. The molecule has 0 aromatic heterocycles. The summed E-state index contributed by atoms with van der Waals surface area (Å²) in [7, 11) is 0. The first-order valence-corrected chi connectivity index (χ1v) is 10.5. The minimum absolute atomic E-state index is 0.00610. The summed E-state index contributed by atoms with van der Waals surface area (Å²) in [6.45, 7) is 2.00. The van der Waals surface area contributed by atoms with E-state index in [1.807, 2.05) is 9.80 Å². The van der Waals surface area contributed by atoms with Crippen LogP contribution in [-0.4, -0.2) is 48.7 Å². The highest BCUT2D eigenvalue weighted by Gasteiger charge is 2.50. The molecule has 3 aliphatic rings. The molecule has 0 spiro atoms. The van der Waals surface area contributed by atoms with E-state index in [1.165, 1.54) is 12.1 Å². The lowest BCUT2D eigenvalue weighted by Crippen LogP contribution is -2.51. The molecular formula is C22H26F3N3O2. The molecule has 2 aliphatic heterocycles. The highest BCUT2D eigenvalue weighted by atomic mass is 19.4. The number of aliphatic hydroxyl groups is 1. The zero-order valence-corrected chi connectivity index (χ0v) is 16.8. The zero-order valence-electron chi connectivity index (χ0n) is 16.8. The Morgan fingerprint density at radius 1 is 1.27 bits per heavy atom. The number of benzene rings is 1. The Bertz CT molecular complexity index is 860. The van der Waals surface area contributed by atoms with Crippen molar-refractivity contribution in [3.05, 3.63) is 29.3 Å². The monoisotopic (exact) mass is 421 g/mol. The van der Waals surface area contributed by atoms with Crippen LogP contribution in [0, 0.1) is 28.6 Å². The molecule has 2 atom stereocenters. The van der Waals surface area contributed by atoms with Crippen molar-refractivity contribution in [1.82, 2.24) is 4.90 Å². The van der Waals surface area contributed by atoms with Gasteiger partial charge in [-0.15, -0.1) is 0 Å². The van der Waals surface area contributed by atoms with Gasteiger partial charge in [0.05, 0.1) is 23.8 Å². The van der Waals surface area contributed by atoms with Gasteiger partial charge in [-0.1, -0.05) is 12.8 Å². The number of alkyl halides is 3. The molecule has 1 saturated carbocycles. The minimum Gasteiger partial charge on any atom is -0.396 e. The lowest BCUT2D eigenvalue weighted by Gasteiger charge is -2.43. The second-order valence-electron chi connectivity index (χ2n) is 8.95. The minimum atomic E-state index is -4.60. The van der Waals surface area contributed by atoms with Gasteiger partial charge >= 0.3 is 6.18 Å². The van der Waals surface area contributed by atoms with Crippen LogP contribution >= 0.6 is 0 Å². The zero-order chi connectivity index (χ0) is 21.5. The number of carbonyl (C=O) groups excluding carboxylic acids is 1. The van der Waals surface area contributed by atoms with E-state index < -0.39 is 22.7 Å². The summed E-state index contributed by atoms with van der Waals surface area (Å²) in [5, 5.41) is 19.2. The van der Waals surface area contributed by atoms with E-state index in [2.05, 4.69) is 0 Å². The van der Waals surface area contributed by atoms with Crippen molar-refractivity contribution >= 4 is 11.6 Å². The van der Waals surface area contributed by atoms with Crippen LogP contribution in [0.4, 0.5) is 18.9 Å². The Kier molecular flexibility index (Phi) is 5.43. The largest absolute Gasteiger partial charge is 0.417 e. The molecule has 0 unspecified atom stereocenters. The van der Waals surface area contributed by atoms with E-state index >= 15 is 0 Å². The number of likely N-dealkylation sites (tertiary alicyclic amines) is 1. The van der Waals surface area contributed by atoms with E-state index in [4.69, 9.17) is 5.26 Å². The average Bonchev–Trinajstić information content (AvgIpc) is 3.40. The molecule has 2 heterocycles. The van der Waals surface area contributed by atoms with Gasteiger partial charge in [0.1, 0.15) is 0 Å². The number of hydrogen-bond donors (Lipinski definition) is 1. The molecule has 5 nitrogen and oxygen atoms in total. The number of halogens is 3. The summed E-state index contributed by atoms with van der Waals surface area (Å²) in [4.78, 5) is 16.6. The summed E-state index contributed by atoms with van der Waals surface area (Å²) < 4.78 is 40.1. The molecule has 4 rings (SSSR count). The molecular weight excluding hydrogens is 395 g/mol. The number of amides is 1. The summed E-state index contributed by atoms with van der Waals surface area (Å²) in [5.41, 5.74) is -1.35. The third kappa shape index (κ3) is 3.64. The van der Waals surface area contributed by atoms with Gasteiger partial charge in [0.15, 0.2) is 0 Å². The standard InChI is InChI=1S/C22H26F3N3O2/c23-22(24,25)19-9-18(6-5-16(19)10-26)28-12-17-11-27(8-7-21(17,13-28)14-29)20(30)15-3-1-2-4-15/h5-6,9,15,17,29H,1-4,7-8,11-14H2/t17-,21+/m1/s1. The van der Waals surface area contributed by atoms with E-state index in [9.17, 15) is 23.1 Å². The predicted octanol–water partition coefficient (Wildman–Crippen LogP) is 3.41. The van der Waals surface area contributed by atoms with Crippen LogP contribution in [0.5, 0.6) is 0 Å².